The van der Waals surface area contributed by atoms with Crippen LogP contribution in [-0.2, 0) is 13.2 Å². The van der Waals surface area contributed by atoms with Crippen LogP contribution in [0.5, 0.6) is 5.75 Å². The molecule has 1 saturated heterocycles. The fraction of sp³-hybridized carbons (Fsp3) is 0.240. The summed E-state index contributed by atoms with van der Waals surface area (Å²) in [4.78, 5) is 27.5. The molecule has 7 nitrogen and oxygen atoms in total. The van der Waals surface area contributed by atoms with Crippen molar-refractivity contribution in [2.24, 2.45) is 0 Å². The van der Waals surface area contributed by atoms with Crippen LogP contribution in [0, 0.1) is 10.1 Å². The molecule has 0 unspecified atom stereocenters. The van der Waals surface area contributed by atoms with Crippen LogP contribution in [-0.4, -0.2) is 46.8 Å². The maximum atomic E-state index is 12.9. The second-order valence-electron chi connectivity index (χ2n) is 7.79. The van der Waals surface area contributed by atoms with Crippen LogP contribution in [0.2, 0.25) is 0 Å². The summed E-state index contributed by atoms with van der Waals surface area (Å²) in [5.41, 5.74) is 2.69. The molecule has 0 atom stereocenters. The molecule has 0 aromatic heterocycles. The van der Waals surface area contributed by atoms with Crippen LogP contribution in [0.15, 0.2) is 78.9 Å². The molecule has 1 fully saturated rings. The molecule has 3 aromatic carbocycles. The largest absolute Gasteiger partial charge is 0.489 e. The summed E-state index contributed by atoms with van der Waals surface area (Å²) in [5, 5.41) is 11.0. The summed E-state index contributed by atoms with van der Waals surface area (Å²) in [7, 11) is 0. The fourth-order valence-corrected chi connectivity index (χ4v) is 3.75. The van der Waals surface area contributed by atoms with E-state index >= 15 is 0 Å². The van der Waals surface area contributed by atoms with Gasteiger partial charge in [-0.15, -0.1) is 0 Å². The van der Waals surface area contributed by atoms with Gasteiger partial charge in [-0.3, -0.25) is 19.8 Å². The summed E-state index contributed by atoms with van der Waals surface area (Å²) in [6.07, 6.45) is 0. The minimum absolute atomic E-state index is 0.0236. The van der Waals surface area contributed by atoms with Crippen LogP contribution in [0.25, 0.3) is 0 Å². The van der Waals surface area contributed by atoms with Crippen molar-refractivity contribution < 1.29 is 14.5 Å². The Hall–Kier alpha value is -3.71. The third-order valence-corrected chi connectivity index (χ3v) is 5.54. The Morgan fingerprint density at radius 3 is 2.28 bits per heavy atom. The molecule has 0 radical (unpaired) electrons. The molecule has 32 heavy (non-hydrogen) atoms. The predicted octanol–water partition coefficient (Wildman–Crippen LogP) is 4.13. The lowest BCUT2D eigenvalue weighted by molar-refractivity contribution is -0.384. The number of nitrogens with zero attached hydrogens (tertiary/aromatic N) is 3. The highest BCUT2D eigenvalue weighted by Gasteiger charge is 2.22. The molecule has 1 aliphatic heterocycles. The maximum absolute atomic E-state index is 12.9. The highest BCUT2D eigenvalue weighted by Crippen LogP contribution is 2.17. The van der Waals surface area contributed by atoms with Gasteiger partial charge in [0.05, 0.1) is 4.92 Å². The van der Waals surface area contributed by atoms with Gasteiger partial charge < -0.3 is 9.64 Å². The Morgan fingerprint density at radius 1 is 0.875 bits per heavy atom. The van der Waals surface area contributed by atoms with Crippen LogP contribution in [0.1, 0.15) is 21.5 Å². The number of para-hydroxylation sites is 1. The van der Waals surface area contributed by atoms with E-state index in [2.05, 4.69) is 4.90 Å². The lowest BCUT2D eigenvalue weighted by Crippen LogP contribution is -2.48. The number of ether oxygens (including phenoxy) is 1. The summed E-state index contributed by atoms with van der Waals surface area (Å²) in [5.74, 6) is 0.839. The smallest absolute Gasteiger partial charge is 0.269 e. The number of amides is 1. The van der Waals surface area contributed by atoms with E-state index in [0.29, 0.717) is 31.8 Å². The van der Waals surface area contributed by atoms with E-state index in [0.717, 1.165) is 30.0 Å². The molecule has 0 aliphatic carbocycles. The molecule has 1 amide bonds. The van der Waals surface area contributed by atoms with E-state index in [4.69, 9.17) is 4.74 Å². The van der Waals surface area contributed by atoms with E-state index in [1.165, 1.54) is 6.07 Å². The van der Waals surface area contributed by atoms with Crippen molar-refractivity contribution in [1.82, 2.24) is 9.80 Å². The molecule has 3 aromatic rings. The lowest BCUT2D eigenvalue weighted by Gasteiger charge is -2.34. The zero-order valence-electron chi connectivity index (χ0n) is 17.7. The number of carbonyl (C=O) groups excluding carboxylic acids is 1. The number of nitro groups is 1. The van der Waals surface area contributed by atoms with Crippen molar-refractivity contribution in [1.29, 1.82) is 0 Å². The number of benzene rings is 3. The van der Waals surface area contributed by atoms with Gasteiger partial charge in [0.25, 0.3) is 11.6 Å². The highest BCUT2D eigenvalue weighted by atomic mass is 16.6. The first-order valence-corrected chi connectivity index (χ1v) is 10.6. The summed E-state index contributed by atoms with van der Waals surface area (Å²) < 4.78 is 5.75. The monoisotopic (exact) mass is 431 g/mol. The Morgan fingerprint density at radius 2 is 1.59 bits per heavy atom. The molecule has 0 saturated carbocycles. The van der Waals surface area contributed by atoms with Crippen molar-refractivity contribution >= 4 is 11.6 Å². The molecule has 0 spiro atoms. The lowest BCUT2D eigenvalue weighted by atomic mass is 10.1. The quantitative estimate of drug-likeness (QED) is 0.415. The van der Waals surface area contributed by atoms with E-state index in [9.17, 15) is 14.9 Å². The van der Waals surface area contributed by atoms with Gasteiger partial charge in [0.15, 0.2) is 0 Å². The van der Waals surface area contributed by atoms with Crippen LogP contribution >= 0.6 is 0 Å². The van der Waals surface area contributed by atoms with Gasteiger partial charge in [0.1, 0.15) is 12.4 Å². The van der Waals surface area contributed by atoms with Gasteiger partial charge in [-0.25, -0.2) is 0 Å². The molecule has 7 heteroatoms. The molecular formula is C25H25N3O4. The van der Waals surface area contributed by atoms with Crippen molar-refractivity contribution in [3.63, 3.8) is 0 Å². The van der Waals surface area contributed by atoms with Gasteiger partial charge >= 0.3 is 0 Å². The molecule has 1 aliphatic rings. The van der Waals surface area contributed by atoms with Crippen LogP contribution in [0.4, 0.5) is 5.69 Å². The number of piperazine rings is 1. The summed E-state index contributed by atoms with van der Waals surface area (Å²) in [6, 6.07) is 23.9. The molecule has 0 N–H and O–H groups in total. The summed E-state index contributed by atoms with van der Waals surface area (Å²) >= 11 is 0. The zero-order valence-corrected chi connectivity index (χ0v) is 17.7. The first-order chi connectivity index (χ1) is 15.6. The zero-order chi connectivity index (χ0) is 22.3. The molecule has 4 rings (SSSR count). The first-order valence-electron chi connectivity index (χ1n) is 10.6. The third kappa shape index (κ3) is 5.50. The van der Waals surface area contributed by atoms with Gasteiger partial charge in [-0.05, 0) is 35.4 Å². The number of non-ortho nitro benzene ring substituents is 1. The second kappa shape index (κ2) is 10.1. The molecule has 0 bridgehead atoms. The van der Waals surface area contributed by atoms with Crippen molar-refractivity contribution in [2.45, 2.75) is 13.2 Å². The second-order valence-corrected chi connectivity index (χ2v) is 7.79. The average Bonchev–Trinajstić information content (AvgIpc) is 2.84. The van der Waals surface area contributed by atoms with E-state index in [-0.39, 0.29) is 16.5 Å². The number of rotatable bonds is 7. The Labute approximate surface area is 187 Å². The number of hydrogen-bond donors (Lipinski definition) is 0. The van der Waals surface area contributed by atoms with Gasteiger partial charge in [0, 0.05) is 50.4 Å². The van der Waals surface area contributed by atoms with Gasteiger partial charge in [0.2, 0.25) is 0 Å². The predicted molar refractivity (Wildman–Crippen MR) is 121 cm³/mol. The highest BCUT2D eigenvalue weighted by molar-refractivity contribution is 5.94. The van der Waals surface area contributed by atoms with Gasteiger partial charge in [-0.1, -0.05) is 42.5 Å². The van der Waals surface area contributed by atoms with E-state index in [1.54, 1.807) is 12.1 Å². The van der Waals surface area contributed by atoms with Crippen LogP contribution in [0.3, 0.4) is 0 Å². The van der Waals surface area contributed by atoms with E-state index < -0.39 is 0 Å². The molecule has 1 heterocycles. The van der Waals surface area contributed by atoms with Crippen molar-refractivity contribution in [2.75, 3.05) is 26.2 Å². The molecule has 164 valence electrons. The van der Waals surface area contributed by atoms with E-state index in [1.807, 2.05) is 65.6 Å². The summed E-state index contributed by atoms with van der Waals surface area (Å²) in [6.45, 7) is 3.82. The Bertz CT molecular complexity index is 1060. The number of hydrogen-bond acceptors (Lipinski definition) is 5. The minimum atomic E-state index is -0.376. The topological polar surface area (TPSA) is 75.9 Å². The standard InChI is InChI=1S/C25H25N3O4/c29-25(22-11-9-20(10-12-22)19-32-24-7-2-1-3-8-24)27-15-13-26(14-16-27)18-21-5-4-6-23(17-21)28(30)31/h1-12,17H,13-16,18-19H2. The number of carbonyl (C=O) groups is 1. The van der Waals surface area contributed by atoms with Crippen molar-refractivity contribution in [3.8, 4) is 5.75 Å². The van der Waals surface area contributed by atoms with Crippen molar-refractivity contribution in [3.05, 3.63) is 106 Å². The third-order valence-electron chi connectivity index (χ3n) is 5.54. The van der Waals surface area contributed by atoms with Crippen LogP contribution < -0.4 is 4.74 Å². The van der Waals surface area contributed by atoms with Gasteiger partial charge in [-0.2, -0.15) is 0 Å². The Balaban J connectivity index is 1.27. The number of nitro benzene ring substituents is 1. The normalized spacial score (nSPS) is 14.2. The minimum Gasteiger partial charge on any atom is -0.489 e. The SMILES string of the molecule is O=C(c1ccc(COc2ccccc2)cc1)N1CCN(Cc2cccc([N+](=O)[O-])c2)CC1. The fourth-order valence-electron chi connectivity index (χ4n) is 3.75. The average molecular weight is 431 g/mol. The maximum Gasteiger partial charge on any atom is 0.269 e. The Kier molecular flexibility index (Phi) is 6.77. The first kappa shape index (κ1) is 21.5. The molecular weight excluding hydrogens is 406 g/mol.